The Labute approximate surface area is 176 Å². The van der Waals surface area contributed by atoms with Gasteiger partial charge in [-0.15, -0.1) is 0 Å². The second-order valence-electron chi connectivity index (χ2n) is 7.49. The Morgan fingerprint density at radius 2 is 1.47 bits per heavy atom. The van der Waals surface area contributed by atoms with Gasteiger partial charge in [-0.1, -0.05) is 84.9 Å². The lowest BCUT2D eigenvalue weighted by Gasteiger charge is -2.24. The first kappa shape index (κ1) is 20.7. The maximum absolute atomic E-state index is 14.9. The lowest BCUT2D eigenvalue weighted by Crippen LogP contribution is -2.27. The first-order valence-electron chi connectivity index (χ1n) is 9.78. The van der Waals surface area contributed by atoms with Gasteiger partial charge in [0.25, 0.3) is 0 Å². The van der Waals surface area contributed by atoms with Gasteiger partial charge >= 0.3 is 0 Å². The molecule has 3 nitrogen and oxygen atoms in total. The summed E-state index contributed by atoms with van der Waals surface area (Å²) in [4.78, 5) is 0. The van der Waals surface area contributed by atoms with E-state index in [1.54, 1.807) is 19.2 Å². The minimum atomic E-state index is -3.10. The zero-order valence-corrected chi connectivity index (χ0v) is 17.7. The van der Waals surface area contributed by atoms with Crippen LogP contribution in [0, 0.1) is 5.82 Å². The molecule has 2 atom stereocenters. The number of benzene rings is 3. The molecule has 0 N–H and O–H groups in total. The highest BCUT2D eigenvalue weighted by molar-refractivity contribution is 7.80. The molecule has 0 saturated heterocycles. The van der Waals surface area contributed by atoms with Crippen molar-refractivity contribution in [3.05, 3.63) is 108 Å². The van der Waals surface area contributed by atoms with Crippen LogP contribution < -0.4 is 10.6 Å². The zero-order chi connectivity index (χ0) is 21.2. The molecule has 1 saturated carbocycles. The van der Waals surface area contributed by atoms with Gasteiger partial charge in [0.15, 0.2) is 7.14 Å². The molecule has 30 heavy (non-hydrogen) atoms. The molecule has 1 aliphatic carbocycles. The normalized spacial score (nSPS) is 20.9. The fraction of sp³-hybridized carbons (Fsp3) is 0.200. The molecule has 0 unspecified atom stereocenters. The topological polar surface area (TPSA) is 35.5 Å². The fourth-order valence-corrected chi connectivity index (χ4v) is 8.06. The molecule has 0 heterocycles. The van der Waals surface area contributed by atoms with Crippen molar-refractivity contribution < 1.29 is 18.4 Å². The van der Waals surface area contributed by atoms with E-state index in [-0.39, 0.29) is 24.9 Å². The molecule has 3 aromatic rings. The molecule has 4 rings (SSSR count). The number of halogens is 1. The summed E-state index contributed by atoms with van der Waals surface area (Å²) < 4.78 is 39.3. The van der Waals surface area contributed by atoms with Crippen molar-refractivity contribution in [1.82, 2.24) is 0 Å². The van der Waals surface area contributed by atoms with E-state index in [4.69, 9.17) is 9.47 Å². The number of methoxy groups -OCH3 is 1. The predicted octanol–water partition coefficient (Wildman–Crippen LogP) is 4.64. The number of rotatable bonds is 8. The molecule has 0 spiro atoms. The molecule has 1 aliphatic rings. The molecule has 0 aromatic heterocycles. The molecular formula is C25H24FO3P. The number of hydrogen-bond acceptors (Lipinski definition) is 3. The maximum atomic E-state index is 14.9. The first-order chi connectivity index (χ1) is 14.5. The summed E-state index contributed by atoms with van der Waals surface area (Å²) in [5.41, 5.74) is 0.661. The third-order valence-electron chi connectivity index (χ3n) is 5.82. The Morgan fingerprint density at radius 1 is 0.933 bits per heavy atom. The van der Waals surface area contributed by atoms with E-state index in [1.807, 2.05) is 60.7 Å². The number of hydrogen-bond donors (Lipinski definition) is 0. The van der Waals surface area contributed by atoms with Crippen LogP contribution in [0.3, 0.4) is 0 Å². The lowest BCUT2D eigenvalue weighted by molar-refractivity contribution is -0.0371. The van der Waals surface area contributed by atoms with Gasteiger partial charge < -0.3 is 14.0 Å². The van der Waals surface area contributed by atoms with E-state index in [2.05, 4.69) is 6.58 Å². The summed E-state index contributed by atoms with van der Waals surface area (Å²) in [6.45, 7) is 4.69. The van der Waals surface area contributed by atoms with Crippen molar-refractivity contribution in [1.29, 1.82) is 0 Å². The average Bonchev–Trinajstić information content (AvgIpc) is 3.40. The largest absolute Gasteiger partial charge is 0.359 e. The summed E-state index contributed by atoms with van der Waals surface area (Å²) in [5.74, 6) is -0.316. The van der Waals surface area contributed by atoms with Gasteiger partial charge in [-0.3, -0.25) is 0 Å². The van der Waals surface area contributed by atoms with E-state index < -0.39 is 12.6 Å². The molecule has 0 bridgehead atoms. The van der Waals surface area contributed by atoms with E-state index >= 15 is 0 Å². The van der Waals surface area contributed by atoms with Gasteiger partial charge in [0.05, 0.1) is 17.7 Å². The van der Waals surface area contributed by atoms with Crippen LogP contribution in [-0.4, -0.2) is 26.2 Å². The van der Waals surface area contributed by atoms with Crippen LogP contribution >= 0.6 is 7.14 Å². The van der Waals surface area contributed by atoms with Crippen LogP contribution in [-0.2, 0) is 19.5 Å². The highest BCUT2D eigenvalue weighted by atomic mass is 31.2. The fourth-order valence-electron chi connectivity index (χ4n) is 4.33. The molecule has 154 valence electrons. The van der Waals surface area contributed by atoms with Crippen molar-refractivity contribution in [2.75, 3.05) is 20.5 Å². The van der Waals surface area contributed by atoms with Crippen LogP contribution in [0.25, 0.3) is 0 Å². The summed E-state index contributed by atoms with van der Waals surface area (Å²) in [6.07, 6.45) is 0. The van der Waals surface area contributed by atoms with Crippen LogP contribution in [0.4, 0.5) is 4.39 Å². The van der Waals surface area contributed by atoms with Crippen LogP contribution in [0.2, 0.25) is 0 Å². The van der Waals surface area contributed by atoms with Crippen LogP contribution in [0.1, 0.15) is 5.56 Å². The quantitative estimate of drug-likeness (QED) is 0.230. The van der Waals surface area contributed by atoms with E-state index in [0.29, 0.717) is 0 Å². The Hall–Kier alpha value is -2.52. The van der Waals surface area contributed by atoms with E-state index in [1.165, 1.54) is 12.1 Å². The predicted molar refractivity (Wildman–Crippen MR) is 119 cm³/mol. The average molecular weight is 422 g/mol. The van der Waals surface area contributed by atoms with Crippen molar-refractivity contribution in [2.45, 2.75) is 11.1 Å². The molecule has 3 aromatic carbocycles. The number of ether oxygens (including phenoxy) is 2. The second-order valence-corrected chi connectivity index (χ2v) is 10.4. The molecule has 0 aliphatic heterocycles. The smallest absolute Gasteiger partial charge is 0.151 e. The molecule has 1 fully saturated rings. The summed E-state index contributed by atoms with van der Waals surface area (Å²) in [5, 5.41) is 1.55. The van der Waals surface area contributed by atoms with Gasteiger partial charge in [-0.05, 0) is 17.7 Å². The monoisotopic (exact) mass is 422 g/mol. The van der Waals surface area contributed by atoms with Gasteiger partial charge in [0, 0.05) is 17.7 Å². The lowest BCUT2D eigenvalue weighted by atomic mass is 9.96. The van der Waals surface area contributed by atoms with Crippen molar-refractivity contribution in [2.24, 2.45) is 0 Å². The minimum absolute atomic E-state index is 0.115. The second kappa shape index (κ2) is 8.31. The van der Waals surface area contributed by atoms with E-state index in [0.717, 1.165) is 21.7 Å². The van der Waals surface area contributed by atoms with E-state index in [9.17, 15) is 8.96 Å². The van der Waals surface area contributed by atoms with Gasteiger partial charge in [-0.25, -0.2) is 4.39 Å². The van der Waals surface area contributed by atoms with Gasteiger partial charge in [-0.2, -0.15) is 0 Å². The zero-order valence-electron chi connectivity index (χ0n) is 16.8. The highest BCUT2D eigenvalue weighted by Crippen LogP contribution is 2.71. The minimum Gasteiger partial charge on any atom is -0.359 e. The summed E-state index contributed by atoms with van der Waals surface area (Å²) in [6, 6.07) is 25.4. The third kappa shape index (κ3) is 3.35. The first-order valence-corrected chi connectivity index (χ1v) is 11.6. The van der Waals surface area contributed by atoms with Gasteiger partial charge in [0.1, 0.15) is 12.6 Å². The summed E-state index contributed by atoms with van der Waals surface area (Å²) in [7, 11) is -1.54. The Balaban J connectivity index is 1.87. The SMILES string of the molecule is C=C1[C@H](P(=O)(c2ccccc2)c2ccccc2)[C@]1(COCOC)c1ccc(F)cc1. The molecule has 5 heteroatoms. The van der Waals surface area contributed by atoms with Crippen molar-refractivity contribution in [3.8, 4) is 0 Å². The molecule has 0 radical (unpaired) electrons. The summed E-state index contributed by atoms with van der Waals surface area (Å²) >= 11 is 0. The maximum Gasteiger partial charge on any atom is 0.151 e. The Bertz CT molecular complexity index is 1020. The van der Waals surface area contributed by atoms with Gasteiger partial charge in [0.2, 0.25) is 0 Å². The standard InChI is InChI=1S/C25H24FO3P/c1-19-24(25(19,17-29-18-28-2)20-13-15-21(26)16-14-20)30(27,22-9-5-3-6-10-22)23-11-7-4-8-12-23/h3-16,24H,1,17-18H2,2H3/t24-,25-/m0/s1. The molecule has 0 amide bonds. The van der Waals surface area contributed by atoms with Crippen LogP contribution in [0.5, 0.6) is 0 Å². The Kier molecular flexibility index (Phi) is 5.75. The Morgan fingerprint density at radius 3 is 1.97 bits per heavy atom. The highest BCUT2D eigenvalue weighted by Gasteiger charge is 2.67. The molecular weight excluding hydrogens is 398 g/mol. The van der Waals surface area contributed by atoms with Crippen molar-refractivity contribution in [3.63, 3.8) is 0 Å². The van der Waals surface area contributed by atoms with Crippen LogP contribution in [0.15, 0.2) is 97.1 Å². The van der Waals surface area contributed by atoms with Crippen molar-refractivity contribution >= 4 is 17.8 Å². The third-order valence-corrected chi connectivity index (χ3v) is 9.43.